The summed E-state index contributed by atoms with van der Waals surface area (Å²) in [5.41, 5.74) is -1.48. The highest BCUT2D eigenvalue weighted by molar-refractivity contribution is 6.01. The molecule has 1 aliphatic rings. The lowest BCUT2D eigenvalue weighted by atomic mass is 9.86. The Morgan fingerprint density at radius 1 is 0.952 bits per heavy atom. The predicted octanol–water partition coefficient (Wildman–Crippen LogP) is 3.25. The molecule has 0 saturated carbocycles. The fourth-order valence-corrected chi connectivity index (χ4v) is 2.80. The zero-order chi connectivity index (χ0) is 16.1. The number of carbonyl (C=O) groups is 2. The Labute approximate surface area is 129 Å². The number of hydrogen-bond acceptors (Lipinski definition) is 2. The summed E-state index contributed by atoms with van der Waals surface area (Å²) in [6.45, 7) is 10.3. The Morgan fingerprint density at radius 2 is 1.52 bits per heavy atom. The fraction of sp³-hybridized carbons (Fsp3) is 0.882. The molecule has 1 aliphatic heterocycles. The van der Waals surface area contributed by atoms with Crippen LogP contribution in [-0.4, -0.2) is 34.3 Å². The van der Waals surface area contributed by atoms with E-state index in [1.807, 2.05) is 27.7 Å². The largest absolute Gasteiger partial charge is 0.340 e. The van der Waals surface area contributed by atoms with Crippen molar-refractivity contribution in [1.29, 1.82) is 0 Å². The van der Waals surface area contributed by atoms with E-state index in [9.17, 15) is 9.59 Å². The third-order valence-corrected chi connectivity index (χ3v) is 4.78. The lowest BCUT2D eigenvalue weighted by Gasteiger charge is -2.48. The van der Waals surface area contributed by atoms with E-state index in [1.54, 1.807) is 4.90 Å². The summed E-state index contributed by atoms with van der Waals surface area (Å²) >= 11 is 0. The molecular formula is C17H32N2O2. The molecule has 0 aromatic rings. The van der Waals surface area contributed by atoms with Crippen LogP contribution in [0.2, 0.25) is 0 Å². The van der Waals surface area contributed by atoms with Crippen LogP contribution in [0.4, 0.5) is 0 Å². The van der Waals surface area contributed by atoms with Crippen molar-refractivity contribution in [2.24, 2.45) is 0 Å². The second-order valence-electron chi connectivity index (χ2n) is 6.92. The normalized spacial score (nSPS) is 25.1. The molecule has 4 nitrogen and oxygen atoms in total. The Balaban J connectivity index is 2.63. The third kappa shape index (κ3) is 3.98. The first-order valence-corrected chi connectivity index (χ1v) is 8.44. The summed E-state index contributed by atoms with van der Waals surface area (Å²) in [4.78, 5) is 26.8. The lowest BCUT2D eigenvalue weighted by Crippen LogP contribution is -2.73. The average Bonchev–Trinajstić information content (AvgIpc) is 2.44. The minimum atomic E-state index is -0.741. The number of piperazine rings is 1. The van der Waals surface area contributed by atoms with E-state index < -0.39 is 11.1 Å². The van der Waals surface area contributed by atoms with Gasteiger partial charge in [-0.05, 0) is 33.6 Å². The van der Waals surface area contributed by atoms with Crippen LogP contribution in [0.15, 0.2) is 0 Å². The van der Waals surface area contributed by atoms with Crippen LogP contribution >= 0.6 is 0 Å². The molecular weight excluding hydrogens is 264 g/mol. The van der Waals surface area contributed by atoms with Gasteiger partial charge in [-0.2, -0.15) is 0 Å². The molecule has 1 atom stereocenters. The maximum absolute atomic E-state index is 12.7. The van der Waals surface area contributed by atoms with Crippen molar-refractivity contribution >= 4 is 11.8 Å². The molecule has 122 valence electrons. The fourth-order valence-electron chi connectivity index (χ4n) is 2.80. The molecule has 0 spiro atoms. The number of carbonyl (C=O) groups excluding carboxylic acids is 2. The van der Waals surface area contributed by atoms with Crippen LogP contribution in [0.5, 0.6) is 0 Å². The zero-order valence-electron chi connectivity index (χ0n) is 14.4. The van der Waals surface area contributed by atoms with Gasteiger partial charge in [-0.15, -0.1) is 0 Å². The number of unbranched alkanes of at least 4 members (excludes halogenated alkanes) is 5. The van der Waals surface area contributed by atoms with Crippen molar-refractivity contribution in [2.45, 2.75) is 90.6 Å². The summed E-state index contributed by atoms with van der Waals surface area (Å²) in [5, 5.41) is 2.90. The summed E-state index contributed by atoms with van der Waals surface area (Å²) < 4.78 is 0. The topological polar surface area (TPSA) is 49.4 Å². The molecule has 0 radical (unpaired) electrons. The zero-order valence-corrected chi connectivity index (χ0v) is 14.4. The van der Waals surface area contributed by atoms with Gasteiger partial charge in [0.15, 0.2) is 0 Å². The highest BCUT2D eigenvalue weighted by Crippen LogP contribution is 2.28. The van der Waals surface area contributed by atoms with Gasteiger partial charge in [-0.3, -0.25) is 9.59 Å². The Morgan fingerprint density at radius 3 is 2.10 bits per heavy atom. The molecule has 1 saturated heterocycles. The van der Waals surface area contributed by atoms with E-state index in [0.717, 1.165) is 12.8 Å². The highest BCUT2D eigenvalue weighted by Gasteiger charge is 2.50. The van der Waals surface area contributed by atoms with Crippen molar-refractivity contribution in [3.8, 4) is 0 Å². The van der Waals surface area contributed by atoms with Gasteiger partial charge < -0.3 is 10.2 Å². The Kier molecular flexibility index (Phi) is 6.24. The van der Waals surface area contributed by atoms with E-state index in [0.29, 0.717) is 13.0 Å². The summed E-state index contributed by atoms with van der Waals surface area (Å²) in [6, 6.07) is 0. The predicted molar refractivity (Wildman–Crippen MR) is 86.0 cm³/mol. The molecule has 2 amide bonds. The van der Waals surface area contributed by atoms with E-state index in [1.165, 1.54) is 25.7 Å². The van der Waals surface area contributed by atoms with Crippen LogP contribution in [0.3, 0.4) is 0 Å². The first-order chi connectivity index (χ1) is 9.79. The third-order valence-electron chi connectivity index (χ3n) is 4.78. The first kappa shape index (κ1) is 18.0. The van der Waals surface area contributed by atoms with Crippen molar-refractivity contribution in [3.63, 3.8) is 0 Å². The lowest BCUT2D eigenvalue weighted by molar-refractivity contribution is -0.160. The van der Waals surface area contributed by atoms with Crippen molar-refractivity contribution in [2.75, 3.05) is 6.54 Å². The van der Waals surface area contributed by atoms with Crippen LogP contribution in [0.1, 0.15) is 79.6 Å². The molecule has 1 N–H and O–H groups in total. The smallest absolute Gasteiger partial charge is 0.248 e. The summed E-state index contributed by atoms with van der Waals surface area (Å²) in [6.07, 6.45) is 7.74. The van der Waals surface area contributed by atoms with Gasteiger partial charge in [0.2, 0.25) is 11.8 Å². The second-order valence-corrected chi connectivity index (χ2v) is 6.92. The van der Waals surface area contributed by atoms with Crippen LogP contribution in [0, 0.1) is 0 Å². The van der Waals surface area contributed by atoms with Gasteiger partial charge >= 0.3 is 0 Å². The molecule has 1 heterocycles. The van der Waals surface area contributed by atoms with Gasteiger partial charge in [0.25, 0.3) is 0 Å². The van der Waals surface area contributed by atoms with Crippen molar-refractivity contribution in [3.05, 3.63) is 0 Å². The minimum absolute atomic E-state index is 0.0440. The minimum Gasteiger partial charge on any atom is -0.340 e. The van der Waals surface area contributed by atoms with Crippen molar-refractivity contribution < 1.29 is 9.59 Å². The van der Waals surface area contributed by atoms with E-state index in [2.05, 4.69) is 12.2 Å². The molecule has 1 rings (SSSR count). The van der Waals surface area contributed by atoms with Crippen LogP contribution in [-0.2, 0) is 9.59 Å². The number of nitrogens with zero attached hydrogens (tertiary/aromatic N) is 1. The van der Waals surface area contributed by atoms with Crippen LogP contribution in [0.25, 0.3) is 0 Å². The van der Waals surface area contributed by atoms with Gasteiger partial charge in [0.05, 0.1) is 0 Å². The number of hydrogen-bond donors (Lipinski definition) is 1. The molecule has 4 heteroatoms. The molecule has 0 bridgehead atoms. The Hall–Kier alpha value is -1.06. The maximum Gasteiger partial charge on any atom is 0.248 e. The van der Waals surface area contributed by atoms with Crippen molar-refractivity contribution in [1.82, 2.24) is 10.2 Å². The SMILES string of the molecule is CCCCCCCCN1C(=O)C(C)(CC)NC(=O)C1(C)C. The molecule has 1 unspecified atom stereocenters. The Bertz CT molecular complexity index is 379. The quantitative estimate of drug-likeness (QED) is 0.699. The van der Waals surface area contributed by atoms with Gasteiger partial charge in [-0.25, -0.2) is 0 Å². The van der Waals surface area contributed by atoms with Crippen LogP contribution < -0.4 is 5.32 Å². The molecule has 0 aromatic heterocycles. The highest BCUT2D eigenvalue weighted by atomic mass is 16.2. The van der Waals surface area contributed by atoms with E-state index in [-0.39, 0.29) is 11.8 Å². The summed E-state index contributed by atoms with van der Waals surface area (Å²) in [5.74, 6) is 0.0144. The molecule has 1 fully saturated rings. The number of rotatable bonds is 8. The van der Waals surface area contributed by atoms with E-state index >= 15 is 0 Å². The number of nitrogens with one attached hydrogen (secondary N) is 1. The summed E-state index contributed by atoms with van der Waals surface area (Å²) in [7, 11) is 0. The molecule has 21 heavy (non-hydrogen) atoms. The first-order valence-electron chi connectivity index (χ1n) is 8.44. The van der Waals surface area contributed by atoms with E-state index in [4.69, 9.17) is 0 Å². The van der Waals surface area contributed by atoms with Gasteiger partial charge in [0.1, 0.15) is 11.1 Å². The maximum atomic E-state index is 12.7. The second kappa shape index (κ2) is 7.28. The standard InChI is InChI=1S/C17H32N2O2/c1-6-8-9-10-11-12-13-19-15(21)17(5,7-2)18-14(20)16(19,3)4/h6-13H2,1-5H3,(H,18,20). The monoisotopic (exact) mass is 296 g/mol. The average molecular weight is 296 g/mol. The van der Waals surface area contributed by atoms with Gasteiger partial charge in [0, 0.05) is 6.54 Å². The molecule has 0 aliphatic carbocycles. The van der Waals surface area contributed by atoms with Gasteiger partial charge in [-0.1, -0.05) is 46.0 Å². The number of amides is 2. The molecule has 0 aromatic carbocycles.